The molecule has 0 bridgehead atoms. The summed E-state index contributed by atoms with van der Waals surface area (Å²) in [6.07, 6.45) is 1.99. The zero-order valence-corrected chi connectivity index (χ0v) is 14.5. The van der Waals surface area contributed by atoms with Crippen LogP contribution in [0.3, 0.4) is 0 Å². The number of benzene rings is 1. The van der Waals surface area contributed by atoms with Crippen LogP contribution in [0.5, 0.6) is 5.75 Å². The third kappa shape index (κ3) is 4.69. The summed E-state index contributed by atoms with van der Waals surface area (Å²) in [5.41, 5.74) is 0.747. The second-order valence-corrected chi connectivity index (χ2v) is 6.60. The monoisotopic (exact) mass is 367 g/mol. The number of amides is 2. The molecule has 2 saturated heterocycles. The normalized spacial score (nSPS) is 21.2. The lowest BCUT2D eigenvalue weighted by molar-refractivity contribution is -0.140. The maximum atomic E-state index is 12.6. The van der Waals surface area contributed by atoms with Gasteiger partial charge in [-0.2, -0.15) is 8.78 Å². The zero-order valence-electron chi connectivity index (χ0n) is 14.5. The number of carbonyl (C=O) groups excluding carboxylic acids is 2. The van der Waals surface area contributed by atoms with Gasteiger partial charge < -0.3 is 19.9 Å². The van der Waals surface area contributed by atoms with E-state index in [1.54, 1.807) is 17.0 Å². The van der Waals surface area contributed by atoms with Gasteiger partial charge in [-0.1, -0.05) is 12.1 Å². The maximum Gasteiger partial charge on any atom is 0.387 e. The Morgan fingerprint density at radius 2 is 2.04 bits per heavy atom. The van der Waals surface area contributed by atoms with Gasteiger partial charge in [-0.05, 0) is 30.5 Å². The number of piperazine rings is 1. The molecule has 2 amide bonds. The first-order valence-electron chi connectivity index (χ1n) is 8.84. The minimum absolute atomic E-state index is 0.0141. The van der Waals surface area contributed by atoms with Crippen LogP contribution in [0.15, 0.2) is 24.3 Å². The van der Waals surface area contributed by atoms with Gasteiger partial charge in [0.15, 0.2) is 0 Å². The van der Waals surface area contributed by atoms with Gasteiger partial charge in [0.05, 0.1) is 13.0 Å². The van der Waals surface area contributed by atoms with E-state index in [2.05, 4.69) is 10.1 Å². The van der Waals surface area contributed by atoms with Crippen LogP contribution in [0.25, 0.3) is 0 Å². The van der Waals surface area contributed by atoms with Crippen LogP contribution in [-0.2, 0) is 16.0 Å². The fraction of sp³-hybridized carbons (Fsp3) is 0.556. The van der Waals surface area contributed by atoms with Gasteiger partial charge in [0.1, 0.15) is 5.75 Å². The van der Waals surface area contributed by atoms with Crippen molar-refractivity contribution >= 4 is 11.8 Å². The van der Waals surface area contributed by atoms with E-state index in [1.807, 2.05) is 4.90 Å². The van der Waals surface area contributed by atoms with E-state index in [-0.39, 0.29) is 30.0 Å². The number of rotatable bonds is 5. The number of nitrogens with zero attached hydrogens (tertiary/aromatic N) is 2. The Morgan fingerprint density at radius 1 is 1.27 bits per heavy atom. The number of carbonyl (C=O) groups is 2. The number of nitrogens with one attached hydrogen (secondary N) is 1. The van der Waals surface area contributed by atoms with Gasteiger partial charge in [0, 0.05) is 32.2 Å². The quantitative estimate of drug-likeness (QED) is 0.851. The Morgan fingerprint density at radius 3 is 2.73 bits per heavy atom. The molecule has 2 aliphatic rings. The molecule has 8 heteroatoms. The Kier molecular flexibility index (Phi) is 6.03. The molecule has 1 N–H and O–H groups in total. The van der Waals surface area contributed by atoms with Gasteiger partial charge in [-0.3, -0.25) is 9.59 Å². The zero-order chi connectivity index (χ0) is 18.5. The molecule has 1 aromatic rings. The molecule has 0 saturated carbocycles. The summed E-state index contributed by atoms with van der Waals surface area (Å²) >= 11 is 0. The van der Waals surface area contributed by atoms with Crippen molar-refractivity contribution in [1.29, 1.82) is 0 Å². The first-order chi connectivity index (χ1) is 12.5. The van der Waals surface area contributed by atoms with Gasteiger partial charge in [-0.25, -0.2) is 0 Å². The summed E-state index contributed by atoms with van der Waals surface area (Å²) in [6.45, 7) is 0.192. The van der Waals surface area contributed by atoms with E-state index < -0.39 is 6.61 Å². The molecule has 142 valence electrons. The Balaban J connectivity index is 1.56. The number of alkyl halides is 2. The van der Waals surface area contributed by atoms with Gasteiger partial charge in [0.2, 0.25) is 11.8 Å². The minimum Gasteiger partial charge on any atom is -0.435 e. The molecule has 0 spiro atoms. The van der Waals surface area contributed by atoms with Crippen LogP contribution in [-0.4, -0.2) is 67.0 Å². The fourth-order valence-electron chi connectivity index (χ4n) is 3.52. The number of hydrogen-bond acceptors (Lipinski definition) is 4. The predicted octanol–water partition coefficient (Wildman–Crippen LogP) is 1.25. The molecule has 26 heavy (non-hydrogen) atoms. The number of likely N-dealkylation sites (tertiary alicyclic amines) is 1. The Labute approximate surface area is 151 Å². The highest BCUT2D eigenvalue weighted by Crippen LogP contribution is 2.19. The van der Waals surface area contributed by atoms with Gasteiger partial charge in [-0.15, -0.1) is 0 Å². The average Bonchev–Trinajstić information content (AvgIpc) is 2.63. The van der Waals surface area contributed by atoms with Crippen molar-refractivity contribution in [3.63, 3.8) is 0 Å². The molecular weight excluding hydrogens is 344 g/mol. The molecule has 3 rings (SSSR count). The van der Waals surface area contributed by atoms with E-state index >= 15 is 0 Å². The lowest BCUT2D eigenvalue weighted by Crippen LogP contribution is -2.57. The second kappa shape index (κ2) is 8.44. The third-order valence-corrected chi connectivity index (χ3v) is 4.82. The largest absolute Gasteiger partial charge is 0.435 e. The first kappa shape index (κ1) is 18.6. The molecule has 1 aromatic carbocycles. The van der Waals surface area contributed by atoms with Crippen molar-refractivity contribution < 1.29 is 23.1 Å². The molecule has 0 radical (unpaired) electrons. The average molecular weight is 367 g/mol. The van der Waals surface area contributed by atoms with Crippen molar-refractivity contribution in [2.24, 2.45) is 0 Å². The van der Waals surface area contributed by atoms with E-state index in [0.29, 0.717) is 26.2 Å². The van der Waals surface area contributed by atoms with E-state index in [1.165, 1.54) is 12.1 Å². The molecule has 1 unspecified atom stereocenters. The van der Waals surface area contributed by atoms with E-state index in [4.69, 9.17) is 0 Å². The van der Waals surface area contributed by atoms with Crippen molar-refractivity contribution in [3.05, 3.63) is 29.8 Å². The Bertz CT molecular complexity index is 639. The molecule has 0 aliphatic carbocycles. The van der Waals surface area contributed by atoms with Crippen LogP contribution in [0, 0.1) is 0 Å². The number of hydrogen-bond donors (Lipinski definition) is 1. The van der Waals surface area contributed by atoms with Crippen molar-refractivity contribution in [1.82, 2.24) is 15.1 Å². The number of ether oxygens (including phenoxy) is 1. The van der Waals surface area contributed by atoms with Crippen LogP contribution < -0.4 is 10.1 Å². The van der Waals surface area contributed by atoms with Crippen LogP contribution in [0.2, 0.25) is 0 Å². The fourth-order valence-corrected chi connectivity index (χ4v) is 3.52. The summed E-state index contributed by atoms with van der Waals surface area (Å²) in [6, 6.07) is 6.19. The van der Waals surface area contributed by atoms with Gasteiger partial charge in [0.25, 0.3) is 0 Å². The van der Waals surface area contributed by atoms with Crippen LogP contribution >= 0.6 is 0 Å². The highest BCUT2D eigenvalue weighted by molar-refractivity contribution is 5.80. The summed E-state index contributed by atoms with van der Waals surface area (Å²) in [4.78, 5) is 28.3. The smallest absolute Gasteiger partial charge is 0.387 e. The summed E-state index contributed by atoms with van der Waals surface area (Å²) < 4.78 is 28.7. The van der Waals surface area contributed by atoms with E-state index in [9.17, 15) is 18.4 Å². The van der Waals surface area contributed by atoms with Gasteiger partial charge >= 0.3 is 6.61 Å². The second-order valence-electron chi connectivity index (χ2n) is 6.60. The van der Waals surface area contributed by atoms with Crippen molar-refractivity contribution in [3.8, 4) is 5.75 Å². The number of halogens is 2. The van der Waals surface area contributed by atoms with Crippen LogP contribution in [0.4, 0.5) is 8.78 Å². The number of piperidine rings is 1. The summed E-state index contributed by atoms with van der Waals surface area (Å²) in [7, 11) is 0. The molecule has 2 aliphatic heterocycles. The molecule has 1 atom stereocenters. The topological polar surface area (TPSA) is 61.9 Å². The Hall–Kier alpha value is -2.22. The van der Waals surface area contributed by atoms with Crippen molar-refractivity contribution in [2.75, 3.05) is 32.7 Å². The summed E-state index contributed by atoms with van der Waals surface area (Å²) in [5, 5.41) is 3.06. The lowest BCUT2D eigenvalue weighted by atomic mass is 10.0. The van der Waals surface area contributed by atoms with Crippen LogP contribution in [0.1, 0.15) is 18.4 Å². The molecular formula is C18H23F2N3O3. The standard InChI is InChI=1S/C18H23F2N3O3/c19-18(20)26-15-5-3-13(4-6-15)10-16(24)22-8-1-2-14(12-22)23-9-7-21-11-17(23)25/h3-6,14,18,21H,1-2,7-12H2. The molecule has 6 nitrogen and oxygen atoms in total. The third-order valence-electron chi connectivity index (χ3n) is 4.82. The predicted molar refractivity (Wildman–Crippen MR) is 91.0 cm³/mol. The highest BCUT2D eigenvalue weighted by atomic mass is 19.3. The molecule has 2 fully saturated rings. The van der Waals surface area contributed by atoms with Crippen molar-refractivity contribution in [2.45, 2.75) is 31.9 Å². The summed E-state index contributed by atoms with van der Waals surface area (Å²) in [5.74, 6) is 0.149. The maximum absolute atomic E-state index is 12.6. The SMILES string of the molecule is O=C(Cc1ccc(OC(F)F)cc1)N1CCCC(N2CCNCC2=O)C1. The van der Waals surface area contributed by atoms with E-state index in [0.717, 1.165) is 24.9 Å². The molecule has 2 heterocycles. The highest BCUT2D eigenvalue weighted by Gasteiger charge is 2.31. The minimum atomic E-state index is -2.86. The first-order valence-corrected chi connectivity index (χ1v) is 8.84. The molecule has 0 aromatic heterocycles. The lowest BCUT2D eigenvalue weighted by Gasteiger charge is -2.41.